The summed E-state index contributed by atoms with van der Waals surface area (Å²) in [4.78, 5) is 14.1. The van der Waals surface area contributed by atoms with Gasteiger partial charge in [0.15, 0.2) is 0 Å². The molecule has 2 nitrogen and oxygen atoms in total. The van der Waals surface area contributed by atoms with E-state index in [0.29, 0.717) is 11.6 Å². The molecule has 0 bridgehead atoms. The van der Waals surface area contributed by atoms with Gasteiger partial charge in [0, 0.05) is 22.9 Å². The number of rotatable bonds is 3. The minimum atomic E-state index is -0.506. The van der Waals surface area contributed by atoms with Crippen molar-refractivity contribution in [2.45, 2.75) is 25.3 Å². The number of likely N-dealkylation sites (tertiary alicyclic amines) is 1. The highest BCUT2D eigenvalue weighted by molar-refractivity contribution is 9.09. The Morgan fingerprint density at radius 2 is 2.33 bits per heavy atom. The van der Waals surface area contributed by atoms with Crippen molar-refractivity contribution in [3.63, 3.8) is 0 Å². The first-order valence-corrected chi connectivity index (χ1v) is 7.45. The van der Waals surface area contributed by atoms with Gasteiger partial charge in [-0.1, -0.05) is 27.5 Å². The number of amides is 1. The Balaban J connectivity index is 2.22. The van der Waals surface area contributed by atoms with Crippen molar-refractivity contribution in [2.75, 3.05) is 11.9 Å². The molecule has 1 aliphatic heterocycles. The summed E-state index contributed by atoms with van der Waals surface area (Å²) >= 11 is 9.21. The number of benzene rings is 1. The lowest BCUT2D eigenvalue weighted by atomic mass is 10.1. The van der Waals surface area contributed by atoms with Gasteiger partial charge in [-0.3, -0.25) is 4.79 Å². The first-order valence-electron chi connectivity index (χ1n) is 5.95. The number of carbonyl (C=O) groups is 1. The van der Waals surface area contributed by atoms with Crippen LogP contribution in [0.25, 0.3) is 0 Å². The van der Waals surface area contributed by atoms with Crippen LogP contribution < -0.4 is 0 Å². The highest BCUT2D eigenvalue weighted by Crippen LogP contribution is 2.25. The van der Waals surface area contributed by atoms with E-state index >= 15 is 0 Å². The van der Waals surface area contributed by atoms with Gasteiger partial charge in [-0.25, -0.2) is 4.39 Å². The number of carbonyl (C=O) groups excluding carboxylic acids is 1. The highest BCUT2D eigenvalue weighted by Gasteiger charge is 2.30. The molecule has 0 spiro atoms. The summed E-state index contributed by atoms with van der Waals surface area (Å²) in [6.07, 6.45) is 2.86. The fourth-order valence-corrected chi connectivity index (χ4v) is 3.05. The number of nitrogens with zero attached hydrogens (tertiary/aromatic N) is 1. The third-order valence-electron chi connectivity index (χ3n) is 3.24. The second-order valence-corrected chi connectivity index (χ2v) is 5.63. The number of alkyl halides is 1. The molecule has 98 valence electrons. The molecule has 0 N–H and O–H groups in total. The first kappa shape index (κ1) is 13.8. The molecule has 0 aromatic heterocycles. The lowest BCUT2D eigenvalue weighted by Crippen LogP contribution is -2.36. The number of hydrogen-bond donors (Lipinski definition) is 0. The SMILES string of the molecule is O=C(c1cc(Cl)ccc1F)N1CCCC1CCBr. The lowest BCUT2D eigenvalue weighted by molar-refractivity contribution is 0.0730. The van der Waals surface area contributed by atoms with Crippen LogP contribution in [-0.2, 0) is 0 Å². The molecule has 0 radical (unpaired) electrons. The summed E-state index contributed by atoms with van der Waals surface area (Å²) < 4.78 is 13.7. The lowest BCUT2D eigenvalue weighted by Gasteiger charge is -2.24. The molecule has 1 aromatic carbocycles. The standard InChI is InChI=1S/C13H14BrClFNO/c14-6-5-10-2-1-7-17(10)13(18)11-8-9(15)3-4-12(11)16/h3-4,8,10H,1-2,5-7H2. The van der Waals surface area contributed by atoms with Gasteiger partial charge in [-0.2, -0.15) is 0 Å². The monoisotopic (exact) mass is 333 g/mol. The van der Waals surface area contributed by atoms with Crippen molar-refractivity contribution in [3.8, 4) is 0 Å². The van der Waals surface area contributed by atoms with Crippen LogP contribution in [0, 0.1) is 5.82 Å². The molecule has 0 saturated carbocycles. The average Bonchev–Trinajstić information content (AvgIpc) is 2.80. The van der Waals surface area contributed by atoms with E-state index < -0.39 is 5.82 Å². The van der Waals surface area contributed by atoms with Crippen LogP contribution in [-0.4, -0.2) is 28.7 Å². The highest BCUT2D eigenvalue weighted by atomic mass is 79.9. The zero-order valence-electron chi connectivity index (χ0n) is 9.83. The molecule has 2 rings (SSSR count). The van der Waals surface area contributed by atoms with Crippen LogP contribution in [0.15, 0.2) is 18.2 Å². The van der Waals surface area contributed by atoms with E-state index in [1.54, 1.807) is 4.90 Å². The zero-order valence-corrected chi connectivity index (χ0v) is 12.2. The van der Waals surface area contributed by atoms with Crippen molar-refractivity contribution in [1.29, 1.82) is 0 Å². The predicted octanol–water partition coefficient (Wildman–Crippen LogP) is 3.87. The molecular formula is C13H14BrClFNO. The van der Waals surface area contributed by atoms with Gasteiger partial charge in [0.25, 0.3) is 5.91 Å². The van der Waals surface area contributed by atoms with E-state index in [2.05, 4.69) is 15.9 Å². The Hall–Kier alpha value is -0.610. The Morgan fingerprint density at radius 3 is 3.06 bits per heavy atom. The zero-order chi connectivity index (χ0) is 13.1. The molecule has 1 fully saturated rings. The molecule has 0 aliphatic carbocycles. The number of halogens is 3. The maximum Gasteiger partial charge on any atom is 0.257 e. The first-order chi connectivity index (χ1) is 8.63. The van der Waals surface area contributed by atoms with Gasteiger partial charge in [-0.15, -0.1) is 0 Å². The summed E-state index contributed by atoms with van der Waals surface area (Å²) in [6, 6.07) is 4.30. The third-order valence-corrected chi connectivity index (χ3v) is 3.93. The summed E-state index contributed by atoms with van der Waals surface area (Å²) in [5.74, 6) is -0.757. The fraction of sp³-hybridized carbons (Fsp3) is 0.462. The van der Waals surface area contributed by atoms with Crippen LogP contribution >= 0.6 is 27.5 Å². The van der Waals surface area contributed by atoms with E-state index in [9.17, 15) is 9.18 Å². The van der Waals surface area contributed by atoms with Gasteiger partial charge < -0.3 is 4.90 Å². The Bertz CT molecular complexity index is 455. The van der Waals surface area contributed by atoms with Crippen molar-refractivity contribution >= 4 is 33.4 Å². The minimum absolute atomic E-state index is 0.0731. The minimum Gasteiger partial charge on any atom is -0.336 e. The van der Waals surface area contributed by atoms with E-state index in [1.807, 2.05) is 0 Å². The molecule has 5 heteroatoms. The summed E-state index contributed by atoms with van der Waals surface area (Å²) in [5, 5.41) is 1.23. The van der Waals surface area contributed by atoms with Gasteiger partial charge >= 0.3 is 0 Å². The van der Waals surface area contributed by atoms with Crippen LogP contribution in [0.3, 0.4) is 0 Å². The Kier molecular flexibility index (Phi) is 4.62. The topological polar surface area (TPSA) is 20.3 Å². The maximum absolute atomic E-state index is 13.7. The Labute approximate surface area is 119 Å². The van der Waals surface area contributed by atoms with Gasteiger partial charge in [0.2, 0.25) is 0 Å². The van der Waals surface area contributed by atoms with E-state index in [1.165, 1.54) is 18.2 Å². The fourth-order valence-electron chi connectivity index (χ4n) is 2.35. The molecule has 1 aliphatic rings. The van der Waals surface area contributed by atoms with E-state index in [4.69, 9.17) is 11.6 Å². The van der Waals surface area contributed by atoms with Crippen LogP contribution in [0.2, 0.25) is 5.02 Å². The molecule has 1 atom stereocenters. The summed E-state index contributed by atoms with van der Waals surface area (Å²) in [5.41, 5.74) is 0.0731. The van der Waals surface area contributed by atoms with Crippen LogP contribution in [0.5, 0.6) is 0 Å². The molecule has 18 heavy (non-hydrogen) atoms. The number of hydrogen-bond acceptors (Lipinski definition) is 1. The molecular weight excluding hydrogens is 321 g/mol. The predicted molar refractivity (Wildman–Crippen MR) is 73.9 cm³/mol. The third kappa shape index (κ3) is 2.86. The van der Waals surface area contributed by atoms with Crippen molar-refractivity contribution in [2.24, 2.45) is 0 Å². The quantitative estimate of drug-likeness (QED) is 0.769. The molecule has 1 aromatic rings. The van der Waals surface area contributed by atoms with Gasteiger partial charge in [-0.05, 0) is 37.5 Å². The van der Waals surface area contributed by atoms with Crippen LogP contribution in [0.4, 0.5) is 4.39 Å². The van der Waals surface area contributed by atoms with E-state index in [-0.39, 0.29) is 17.5 Å². The molecule has 1 heterocycles. The molecule has 1 amide bonds. The second kappa shape index (κ2) is 6.02. The second-order valence-electron chi connectivity index (χ2n) is 4.40. The van der Waals surface area contributed by atoms with Crippen LogP contribution in [0.1, 0.15) is 29.6 Å². The molecule has 1 unspecified atom stereocenters. The normalized spacial score (nSPS) is 19.3. The Morgan fingerprint density at radius 1 is 1.56 bits per heavy atom. The largest absolute Gasteiger partial charge is 0.336 e. The maximum atomic E-state index is 13.7. The smallest absolute Gasteiger partial charge is 0.257 e. The van der Waals surface area contributed by atoms with E-state index in [0.717, 1.165) is 24.6 Å². The molecule has 1 saturated heterocycles. The average molecular weight is 335 g/mol. The van der Waals surface area contributed by atoms with Gasteiger partial charge in [0.1, 0.15) is 5.82 Å². The van der Waals surface area contributed by atoms with Crippen molar-refractivity contribution < 1.29 is 9.18 Å². The van der Waals surface area contributed by atoms with Crippen molar-refractivity contribution in [3.05, 3.63) is 34.6 Å². The summed E-state index contributed by atoms with van der Waals surface area (Å²) in [7, 11) is 0. The summed E-state index contributed by atoms with van der Waals surface area (Å²) in [6.45, 7) is 0.697. The van der Waals surface area contributed by atoms with Crippen molar-refractivity contribution in [1.82, 2.24) is 4.90 Å². The van der Waals surface area contributed by atoms with Gasteiger partial charge in [0.05, 0.1) is 5.56 Å².